The van der Waals surface area contributed by atoms with Gasteiger partial charge in [0, 0.05) is 10.0 Å². The Kier molecular flexibility index (Phi) is 3.27. The van der Waals surface area contributed by atoms with Gasteiger partial charge in [-0.15, -0.1) is 11.6 Å². The Morgan fingerprint density at radius 1 is 1.62 bits per heavy atom. The standard InChI is InChI=1S/C8H6BrClFNO/c9-4-1-5(7(13)3-10)8(12)6(11)2-4/h1-2H,3,12H2. The van der Waals surface area contributed by atoms with Gasteiger partial charge in [-0.1, -0.05) is 15.9 Å². The third-order valence-corrected chi connectivity index (χ3v) is 2.22. The van der Waals surface area contributed by atoms with E-state index >= 15 is 0 Å². The predicted octanol–water partition coefficient (Wildman–Crippen LogP) is 2.59. The first-order valence-corrected chi connectivity index (χ1v) is 4.72. The van der Waals surface area contributed by atoms with Crippen LogP contribution < -0.4 is 5.73 Å². The van der Waals surface area contributed by atoms with Crippen molar-refractivity contribution in [1.82, 2.24) is 0 Å². The van der Waals surface area contributed by atoms with Gasteiger partial charge in [-0.2, -0.15) is 0 Å². The molecule has 0 amide bonds. The summed E-state index contributed by atoms with van der Waals surface area (Å²) in [6, 6.07) is 2.64. The summed E-state index contributed by atoms with van der Waals surface area (Å²) < 4.78 is 13.5. The quantitative estimate of drug-likeness (QED) is 0.508. The number of ketones is 1. The van der Waals surface area contributed by atoms with Crippen LogP contribution in [0, 0.1) is 5.82 Å². The molecule has 0 bridgehead atoms. The molecule has 1 rings (SSSR count). The minimum absolute atomic E-state index is 0.113. The second kappa shape index (κ2) is 4.07. The van der Waals surface area contributed by atoms with Crippen molar-refractivity contribution in [1.29, 1.82) is 0 Å². The number of nitrogen functional groups attached to an aromatic ring is 1. The number of rotatable bonds is 2. The van der Waals surface area contributed by atoms with E-state index in [0.717, 1.165) is 0 Å². The number of benzene rings is 1. The molecule has 70 valence electrons. The van der Waals surface area contributed by atoms with Gasteiger partial charge < -0.3 is 5.73 Å². The van der Waals surface area contributed by atoms with Crippen LogP contribution in [0.3, 0.4) is 0 Å². The summed E-state index contributed by atoms with van der Waals surface area (Å²) in [5.41, 5.74) is 5.31. The van der Waals surface area contributed by atoms with Gasteiger partial charge in [0.15, 0.2) is 5.78 Å². The highest BCUT2D eigenvalue weighted by atomic mass is 79.9. The van der Waals surface area contributed by atoms with Crippen LogP contribution >= 0.6 is 27.5 Å². The maximum Gasteiger partial charge on any atom is 0.179 e. The lowest BCUT2D eigenvalue weighted by molar-refractivity contribution is 0.102. The number of hydrogen-bond donors (Lipinski definition) is 1. The zero-order chi connectivity index (χ0) is 10.0. The molecule has 0 saturated heterocycles. The summed E-state index contributed by atoms with van der Waals surface area (Å²) in [4.78, 5) is 11.1. The number of anilines is 1. The first kappa shape index (κ1) is 10.5. The van der Waals surface area contributed by atoms with Crippen LogP contribution in [0.5, 0.6) is 0 Å². The highest BCUT2D eigenvalue weighted by Gasteiger charge is 2.12. The number of hydrogen-bond acceptors (Lipinski definition) is 2. The van der Waals surface area contributed by atoms with Gasteiger partial charge in [-0.25, -0.2) is 4.39 Å². The molecule has 0 aliphatic heterocycles. The smallest absolute Gasteiger partial charge is 0.179 e. The Labute approximate surface area is 88.0 Å². The highest BCUT2D eigenvalue weighted by Crippen LogP contribution is 2.23. The van der Waals surface area contributed by atoms with E-state index in [9.17, 15) is 9.18 Å². The first-order valence-electron chi connectivity index (χ1n) is 3.40. The van der Waals surface area contributed by atoms with Crippen molar-refractivity contribution >= 4 is 39.0 Å². The van der Waals surface area contributed by atoms with Crippen molar-refractivity contribution in [2.45, 2.75) is 0 Å². The molecule has 0 heterocycles. The third-order valence-electron chi connectivity index (χ3n) is 1.52. The van der Waals surface area contributed by atoms with E-state index in [1.54, 1.807) is 0 Å². The fraction of sp³-hybridized carbons (Fsp3) is 0.125. The summed E-state index contributed by atoms with van der Waals surface area (Å²) in [6.45, 7) is 0. The predicted molar refractivity (Wildman–Crippen MR) is 53.6 cm³/mol. The number of alkyl halides is 1. The lowest BCUT2D eigenvalue weighted by Gasteiger charge is -2.04. The van der Waals surface area contributed by atoms with E-state index in [1.807, 2.05) is 0 Å². The van der Waals surface area contributed by atoms with E-state index in [1.165, 1.54) is 12.1 Å². The first-order chi connectivity index (χ1) is 6.06. The number of carbonyl (C=O) groups excluding carboxylic acids is 1. The number of halogens is 3. The van der Waals surface area contributed by atoms with Crippen LogP contribution in [-0.2, 0) is 0 Å². The molecule has 0 aromatic heterocycles. The largest absolute Gasteiger partial charge is 0.396 e. The van der Waals surface area contributed by atoms with Crippen molar-refractivity contribution in [3.05, 3.63) is 28.0 Å². The van der Waals surface area contributed by atoms with Crippen LogP contribution in [0.25, 0.3) is 0 Å². The van der Waals surface area contributed by atoms with Crippen LogP contribution in [0.15, 0.2) is 16.6 Å². The van der Waals surface area contributed by atoms with Crippen molar-refractivity contribution in [2.75, 3.05) is 11.6 Å². The summed E-state index contributed by atoms with van der Waals surface area (Å²) in [5, 5.41) is 0. The number of Topliss-reactive ketones (excluding diaryl/α,β-unsaturated/α-hetero) is 1. The number of carbonyl (C=O) groups is 1. The molecule has 2 N–H and O–H groups in total. The van der Waals surface area contributed by atoms with Gasteiger partial charge in [0.25, 0.3) is 0 Å². The molecular weight excluding hydrogens is 260 g/mol. The van der Waals surface area contributed by atoms with Gasteiger partial charge in [-0.05, 0) is 12.1 Å². The molecule has 1 aromatic carbocycles. The van der Waals surface area contributed by atoms with Gasteiger partial charge >= 0.3 is 0 Å². The maximum absolute atomic E-state index is 13.0. The Hall–Kier alpha value is -0.610. The van der Waals surface area contributed by atoms with E-state index in [2.05, 4.69) is 15.9 Å². The molecule has 13 heavy (non-hydrogen) atoms. The summed E-state index contributed by atoms with van der Waals surface area (Å²) in [7, 11) is 0. The monoisotopic (exact) mass is 265 g/mol. The second-order valence-electron chi connectivity index (χ2n) is 2.41. The summed E-state index contributed by atoms with van der Waals surface area (Å²) >= 11 is 8.37. The second-order valence-corrected chi connectivity index (χ2v) is 3.59. The molecule has 0 unspecified atom stereocenters. The van der Waals surface area contributed by atoms with E-state index in [4.69, 9.17) is 17.3 Å². The average Bonchev–Trinajstić information content (AvgIpc) is 2.10. The van der Waals surface area contributed by atoms with Gasteiger partial charge in [0.2, 0.25) is 0 Å². The zero-order valence-corrected chi connectivity index (χ0v) is 8.82. The normalized spacial score (nSPS) is 10.1. The van der Waals surface area contributed by atoms with Gasteiger partial charge in [0.1, 0.15) is 5.82 Å². The summed E-state index contributed by atoms with van der Waals surface area (Å²) in [5.74, 6) is -1.22. The van der Waals surface area contributed by atoms with Crippen molar-refractivity contribution in [2.24, 2.45) is 0 Å². The van der Waals surface area contributed by atoms with Crippen LogP contribution in [-0.4, -0.2) is 11.7 Å². The molecule has 0 aliphatic carbocycles. The molecule has 2 nitrogen and oxygen atoms in total. The van der Waals surface area contributed by atoms with Crippen LogP contribution in [0.2, 0.25) is 0 Å². The zero-order valence-electron chi connectivity index (χ0n) is 6.48. The van der Waals surface area contributed by atoms with Crippen LogP contribution in [0.1, 0.15) is 10.4 Å². The molecule has 0 radical (unpaired) electrons. The van der Waals surface area contributed by atoms with E-state index in [-0.39, 0.29) is 22.9 Å². The molecule has 0 fully saturated rings. The molecular formula is C8H6BrClFNO. The Morgan fingerprint density at radius 2 is 2.23 bits per heavy atom. The summed E-state index contributed by atoms with van der Waals surface area (Å²) in [6.07, 6.45) is 0. The minimum Gasteiger partial charge on any atom is -0.396 e. The fourth-order valence-corrected chi connectivity index (χ4v) is 1.46. The third kappa shape index (κ3) is 2.19. The van der Waals surface area contributed by atoms with E-state index in [0.29, 0.717) is 4.47 Å². The van der Waals surface area contributed by atoms with Crippen molar-refractivity contribution in [3.8, 4) is 0 Å². The molecule has 1 aromatic rings. The molecule has 0 spiro atoms. The minimum atomic E-state index is -0.622. The fourth-order valence-electron chi connectivity index (χ4n) is 0.887. The topological polar surface area (TPSA) is 43.1 Å². The maximum atomic E-state index is 13.0. The van der Waals surface area contributed by atoms with Crippen molar-refractivity contribution in [3.63, 3.8) is 0 Å². The lowest BCUT2D eigenvalue weighted by atomic mass is 10.1. The lowest BCUT2D eigenvalue weighted by Crippen LogP contribution is -2.06. The van der Waals surface area contributed by atoms with E-state index < -0.39 is 5.82 Å². The molecule has 5 heteroatoms. The Bertz CT molecular complexity index is 356. The van der Waals surface area contributed by atoms with Gasteiger partial charge in [0.05, 0.1) is 11.6 Å². The Balaban J connectivity index is 3.28. The molecule has 0 saturated carbocycles. The Morgan fingerprint density at radius 3 is 2.77 bits per heavy atom. The SMILES string of the molecule is Nc1c(F)cc(Br)cc1C(=O)CCl. The van der Waals surface area contributed by atoms with Crippen molar-refractivity contribution < 1.29 is 9.18 Å². The average molecular weight is 266 g/mol. The molecule has 0 aliphatic rings. The molecule has 0 atom stereocenters. The highest BCUT2D eigenvalue weighted by molar-refractivity contribution is 9.10. The number of nitrogens with two attached hydrogens (primary N) is 1. The van der Waals surface area contributed by atoms with Gasteiger partial charge in [-0.3, -0.25) is 4.79 Å². The van der Waals surface area contributed by atoms with Crippen LogP contribution in [0.4, 0.5) is 10.1 Å².